The monoisotopic (exact) mass is 361 g/mol. The lowest BCUT2D eigenvalue weighted by Gasteiger charge is -2.25. The highest BCUT2D eigenvalue weighted by Crippen LogP contribution is 2.31. The van der Waals surface area contributed by atoms with Gasteiger partial charge in [0.05, 0.1) is 5.69 Å². The molecular weight excluding hydrogens is 338 g/mol. The standard InChI is InChI=1S/C17H23N5O2S/c1-10-11(21-16(19)25)6-7-12(22-9-5-8-20-22)13(10)14(18)15(23)24-17(2,3)4/h5-9,14H,18H2,1-4H3,(H3,19,21,25). The van der Waals surface area contributed by atoms with Gasteiger partial charge in [-0.2, -0.15) is 5.10 Å². The van der Waals surface area contributed by atoms with Crippen molar-refractivity contribution in [2.24, 2.45) is 11.5 Å². The third kappa shape index (κ3) is 4.55. The van der Waals surface area contributed by atoms with Crippen LogP contribution >= 0.6 is 12.2 Å². The van der Waals surface area contributed by atoms with Crippen molar-refractivity contribution in [2.45, 2.75) is 39.3 Å². The number of aromatic nitrogens is 2. The summed E-state index contributed by atoms with van der Waals surface area (Å²) in [6, 6.07) is 4.43. The van der Waals surface area contributed by atoms with Crippen LogP contribution in [0.15, 0.2) is 30.6 Å². The van der Waals surface area contributed by atoms with Crippen LogP contribution < -0.4 is 16.8 Å². The van der Waals surface area contributed by atoms with Gasteiger partial charge in [0.1, 0.15) is 11.6 Å². The summed E-state index contributed by atoms with van der Waals surface area (Å²) in [5.41, 5.74) is 13.9. The molecular formula is C17H23N5O2S. The first kappa shape index (κ1) is 18.9. The van der Waals surface area contributed by atoms with Crippen LogP contribution in [0.4, 0.5) is 5.69 Å². The lowest BCUT2D eigenvalue weighted by molar-refractivity contribution is -0.156. The molecule has 0 radical (unpaired) electrons. The van der Waals surface area contributed by atoms with E-state index in [2.05, 4.69) is 10.4 Å². The lowest BCUT2D eigenvalue weighted by Crippen LogP contribution is -2.33. The zero-order valence-electron chi connectivity index (χ0n) is 14.7. The molecule has 0 aliphatic heterocycles. The van der Waals surface area contributed by atoms with Gasteiger partial charge in [-0.1, -0.05) is 0 Å². The number of nitrogens with zero attached hydrogens (tertiary/aromatic N) is 2. The number of carbonyl (C=O) groups is 1. The fraction of sp³-hybridized carbons (Fsp3) is 0.353. The van der Waals surface area contributed by atoms with Gasteiger partial charge in [0.2, 0.25) is 0 Å². The first-order valence-electron chi connectivity index (χ1n) is 7.78. The highest BCUT2D eigenvalue weighted by molar-refractivity contribution is 7.80. The summed E-state index contributed by atoms with van der Waals surface area (Å²) < 4.78 is 7.09. The fourth-order valence-electron chi connectivity index (χ4n) is 2.47. The Morgan fingerprint density at radius 1 is 1.40 bits per heavy atom. The largest absolute Gasteiger partial charge is 0.459 e. The van der Waals surface area contributed by atoms with Crippen molar-refractivity contribution >= 4 is 29.0 Å². The molecule has 0 saturated carbocycles. The van der Waals surface area contributed by atoms with Gasteiger partial charge in [-0.25, -0.2) is 9.48 Å². The normalized spacial score (nSPS) is 12.5. The van der Waals surface area contributed by atoms with Gasteiger partial charge in [-0.15, -0.1) is 0 Å². The molecule has 0 aliphatic carbocycles. The zero-order valence-corrected chi connectivity index (χ0v) is 15.6. The molecule has 1 atom stereocenters. The Morgan fingerprint density at radius 3 is 2.60 bits per heavy atom. The Kier molecular flexibility index (Phi) is 5.44. The minimum atomic E-state index is -0.980. The molecule has 0 fully saturated rings. The van der Waals surface area contributed by atoms with E-state index in [0.717, 1.165) is 5.56 Å². The van der Waals surface area contributed by atoms with Crippen LogP contribution in [0.3, 0.4) is 0 Å². The summed E-state index contributed by atoms with van der Waals surface area (Å²) >= 11 is 4.91. The fourth-order valence-corrected chi connectivity index (χ4v) is 2.58. The van der Waals surface area contributed by atoms with Crippen molar-refractivity contribution in [1.82, 2.24) is 9.78 Å². The molecule has 1 heterocycles. The molecule has 7 nitrogen and oxygen atoms in total. The van der Waals surface area contributed by atoms with E-state index in [9.17, 15) is 4.79 Å². The van der Waals surface area contributed by atoms with E-state index in [1.54, 1.807) is 50.0 Å². The maximum Gasteiger partial charge on any atom is 0.328 e. The van der Waals surface area contributed by atoms with Gasteiger partial charge in [0, 0.05) is 23.6 Å². The second-order valence-electron chi connectivity index (χ2n) is 6.62. The number of esters is 1. The second-order valence-corrected chi connectivity index (χ2v) is 7.06. The van der Waals surface area contributed by atoms with Crippen molar-refractivity contribution in [2.75, 3.05) is 5.32 Å². The summed E-state index contributed by atoms with van der Waals surface area (Å²) in [5.74, 6) is -0.517. The highest BCUT2D eigenvalue weighted by Gasteiger charge is 2.28. The zero-order chi connectivity index (χ0) is 18.8. The predicted octanol–water partition coefficient (Wildman–Crippen LogP) is 2.18. The number of nitrogens with two attached hydrogens (primary N) is 2. The lowest BCUT2D eigenvalue weighted by atomic mass is 9.97. The molecule has 8 heteroatoms. The molecule has 0 amide bonds. The van der Waals surface area contributed by atoms with Gasteiger partial charge < -0.3 is 21.5 Å². The molecule has 0 aliphatic rings. The molecule has 134 valence electrons. The number of thiocarbonyl (C=S) groups is 1. The second kappa shape index (κ2) is 7.20. The number of anilines is 1. The average molecular weight is 361 g/mol. The van der Waals surface area contributed by atoms with Crippen molar-refractivity contribution in [1.29, 1.82) is 0 Å². The van der Waals surface area contributed by atoms with Crippen LogP contribution in [0.5, 0.6) is 0 Å². The molecule has 1 aromatic heterocycles. The first-order valence-corrected chi connectivity index (χ1v) is 8.19. The summed E-state index contributed by atoms with van der Waals surface area (Å²) in [4.78, 5) is 12.5. The Balaban J connectivity index is 2.55. The Labute approximate surface area is 152 Å². The molecule has 25 heavy (non-hydrogen) atoms. The van der Waals surface area contributed by atoms with Crippen LogP contribution in [-0.2, 0) is 9.53 Å². The topological polar surface area (TPSA) is 108 Å². The van der Waals surface area contributed by atoms with E-state index in [4.69, 9.17) is 28.4 Å². The van der Waals surface area contributed by atoms with Gasteiger partial charge in [-0.05, 0) is 63.7 Å². The predicted molar refractivity (Wildman–Crippen MR) is 101 cm³/mol. The third-order valence-corrected chi connectivity index (χ3v) is 3.57. The van der Waals surface area contributed by atoms with E-state index < -0.39 is 17.6 Å². The van der Waals surface area contributed by atoms with Crippen molar-refractivity contribution in [3.05, 3.63) is 41.7 Å². The van der Waals surface area contributed by atoms with E-state index in [0.29, 0.717) is 16.9 Å². The summed E-state index contributed by atoms with van der Waals surface area (Å²) in [6.45, 7) is 7.23. The third-order valence-electron chi connectivity index (χ3n) is 3.47. The molecule has 1 unspecified atom stereocenters. The molecule has 1 aromatic carbocycles. The summed E-state index contributed by atoms with van der Waals surface area (Å²) in [5, 5.41) is 7.26. The highest BCUT2D eigenvalue weighted by atomic mass is 32.1. The Morgan fingerprint density at radius 2 is 2.08 bits per heavy atom. The number of hydrogen-bond acceptors (Lipinski definition) is 5. The minimum Gasteiger partial charge on any atom is -0.459 e. The van der Waals surface area contributed by atoms with Crippen LogP contribution in [-0.4, -0.2) is 26.5 Å². The number of benzene rings is 1. The first-order chi connectivity index (χ1) is 11.6. The summed E-state index contributed by atoms with van der Waals surface area (Å²) in [6.07, 6.45) is 3.43. The summed E-state index contributed by atoms with van der Waals surface area (Å²) in [7, 11) is 0. The molecule has 5 N–H and O–H groups in total. The van der Waals surface area contributed by atoms with Crippen LogP contribution in [0.25, 0.3) is 5.69 Å². The Bertz CT molecular complexity index is 781. The maximum atomic E-state index is 12.5. The van der Waals surface area contributed by atoms with Crippen molar-refractivity contribution in [3.8, 4) is 5.69 Å². The molecule has 0 saturated heterocycles. The van der Waals surface area contributed by atoms with Gasteiger partial charge >= 0.3 is 5.97 Å². The molecule has 2 aromatic rings. The SMILES string of the molecule is Cc1c(NC(N)=S)ccc(-n2cccn2)c1C(N)C(=O)OC(C)(C)C. The molecule has 2 rings (SSSR count). The van der Waals surface area contributed by atoms with E-state index in [1.807, 2.05) is 13.0 Å². The number of nitrogens with one attached hydrogen (secondary N) is 1. The van der Waals surface area contributed by atoms with Crippen molar-refractivity contribution < 1.29 is 9.53 Å². The van der Waals surface area contributed by atoms with Crippen LogP contribution in [0.1, 0.15) is 37.9 Å². The van der Waals surface area contributed by atoms with Gasteiger partial charge in [0.15, 0.2) is 5.11 Å². The van der Waals surface area contributed by atoms with Crippen molar-refractivity contribution in [3.63, 3.8) is 0 Å². The van der Waals surface area contributed by atoms with Gasteiger partial charge in [-0.3, -0.25) is 0 Å². The van der Waals surface area contributed by atoms with Crippen LogP contribution in [0, 0.1) is 6.92 Å². The van der Waals surface area contributed by atoms with Crippen LogP contribution in [0.2, 0.25) is 0 Å². The number of ether oxygens (including phenoxy) is 1. The van der Waals surface area contributed by atoms with E-state index in [1.165, 1.54) is 0 Å². The quantitative estimate of drug-likeness (QED) is 0.566. The van der Waals surface area contributed by atoms with E-state index in [-0.39, 0.29) is 5.11 Å². The number of carbonyl (C=O) groups excluding carboxylic acids is 1. The van der Waals surface area contributed by atoms with E-state index >= 15 is 0 Å². The molecule has 0 spiro atoms. The maximum absolute atomic E-state index is 12.5. The Hall–Kier alpha value is -2.45. The average Bonchev–Trinajstić information content (AvgIpc) is 3.00. The smallest absolute Gasteiger partial charge is 0.328 e. The molecule has 0 bridgehead atoms. The minimum absolute atomic E-state index is 0.131. The number of rotatable bonds is 4. The van der Waals surface area contributed by atoms with Gasteiger partial charge in [0.25, 0.3) is 0 Å². The number of hydrogen-bond donors (Lipinski definition) is 3.